The normalized spacial score (nSPS) is 11.7. The molecule has 0 radical (unpaired) electrons. The number of hydrogen-bond donors (Lipinski definition) is 0. The average molecular weight is 579 g/mol. The van der Waals surface area contributed by atoms with Gasteiger partial charge in [0.05, 0.1) is 16.7 Å². The molecule has 2 heterocycles. The maximum absolute atomic E-state index is 6.08. The largest absolute Gasteiger partial charge is 0.454 e. The van der Waals surface area contributed by atoms with E-state index in [1.165, 1.54) is 5.22 Å². The van der Waals surface area contributed by atoms with E-state index in [4.69, 9.17) is 4.42 Å². The van der Waals surface area contributed by atoms with Gasteiger partial charge in [0.1, 0.15) is 5.58 Å². The minimum Gasteiger partial charge on any atom is -0.454 e. The summed E-state index contributed by atoms with van der Waals surface area (Å²) >= 11 is 0. The topological polar surface area (TPSA) is 21.3 Å². The number of furan rings is 1. The van der Waals surface area contributed by atoms with Crippen LogP contribution in [-0.2, 0) is 0 Å². The van der Waals surface area contributed by atoms with Gasteiger partial charge in [0, 0.05) is 40.0 Å². The Kier molecular flexibility index (Phi) is 11.0. The Morgan fingerprint density at radius 3 is 2.02 bits per heavy atom. The molecule has 6 aromatic rings. The van der Waals surface area contributed by atoms with Crippen LogP contribution in [0.4, 0.5) is 11.4 Å². The summed E-state index contributed by atoms with van der Waals surface area (Å²) in [5, 5.41) is 4.63. The third-order valence-corrected chi connectivity index (χ3v) is 7.32. The van der Waals surface area contributed by atoms with Gasteiger partial charge >= 0.3 is 0 Å². The molecule has 0 atom stereocenters. The van der Waals surface area contributed by atoms with E-state index in [0.29, 0.717) is 0 Å². The van der Waals surface area contributed by atoms with E-state index in [0.717, 1.165) is 55.6 Å². The SMILES string of the molecule is C=C/C=c1\c(=C/C)c(C=C)c(/C=C\C)n1-c1ccccc1.CC.CN(c1ccccc1)c1cccc2c1oc1ccccc12. The number of hydrogen-bond acceptors (Lipinski definition) is 2. The molecule has 0 fully saturated rings. The third-order valence-electron chi connectivity index (χ3n) is 7.32. The Bertz CT molecular complexity index is 1990. The molecule has 0 aliphatic carbocycles. The molecule has 6 rings (SSSR count). The van der Waals surface area contributed by atoms with Crippen LogP contribution < -0.4 is 15.5 Å². The molecule has 0 aliphatic rings. The Labute approximate surface area is 261 Å². The van der Waals surface area contributed by atoms with Gasteiger partial charge in [-0.3, -0.25) is 0 Å². The molecule has 44 heavy (non-hydrogen) atoms. The van der Waals surface area contributed by atoms with Crippen molar-refractivity contribution in [2.45, 2.75) is 27.7 Å². The van der Waals surface area contributed by atoms with Gasteiger partial charge in [0.2, 0.25) is 0 Å². The summed E-state index contributed by atoms with van der Waals surface area (Å²) in [4.78, 5) is 2.16. The average Bonchev–Trinajstić information content (AvgIpc) is 3.61. The van der Waals surface area contributed by atoms with Gasteiger partial charge in [-0.1, -0.05) is 118 Å². The van der Waals surface area contributed by atoms with Gasteiger partial charge in [-0.25, -0.2) is 0 Å². The number of nitrogens with zero attached hydrogens (tertiary/aromatic N) is 2. The Hall–Kier alpha value is -5.28. The molecule has 3 nitrogen and oxygen atoms in total. The fourth-order valence-electron chi connectivity index (χ4n) is 5.41. The summed E-state index contributed by atoms with van der Waals surface area (Å²) in [6.07, 6.45) is 12.1. The maximum atomic E-state index is 6.08. The highest BCUT2D eigenvalue weighted by Crippen LogP contribution is 2.36. The van der Waals surface area contributed by atoms with Crippen LogP contribution in [0.3, 0.4) is 0 Å². The van der Waals surface area contributed by atoms with E-state index in [9.17, 15) is 0 Å². The molecule has 0 bridgehead atoms. The molecule has 4 aromatic carbocycles. The molecule has 0 saturated heterocycles. The van der Waals surface area contributed by atoms with Crippen LogP contribution in [0.25, 0.3) is 51.9 Å². The fourth-order valence-corrected chi connectivity index (χ4v) is 5.41. The second-order valence-corrected chi connectivity index (χ2v) is 9.81. The zero-order valence-corrected chi connectivity index (χ0v) is 26.5. The van der Waals surface area contributed by atoms with Crippen molar-refractivity contribution < 1.29 is 4.42 Å². The summed E-state index contributed by atoms with van der Waals surface area (Å²) in [5.41, 5.74) is 7.51. The summed E-state index contributed by atoms with van der Waals surface area (Å²) in [6, 6.07) is 35.1. The number of para-hydroxylation sites is 4. The lowest BCUT2D eigenvalue weighted by atomic mass is 10.1. The van der Waals surface area contributed by atoms with Gasteiger partial charge in [-0.05, 0) is 62.4 Å². The van der Waals surface area contributed by atoms with Crippen LogP contribution in [0.15, 0.2) is 133 Å². The van der Waals surface area contributed by atoms with E-state index in [1.807, 2.05) is 81.5 Å². The highest BCUT2D eigenvalue weighted by Gasteiger charge is 2.14. The van der Waals surface area contributed by atoms with Crippen LogP contribution >= 0.6 is 0 Å². The highest BCUT2D eigenvalue weighted by molar-refractivity contribution is 6.09. The summed E-state index contributed by atoms with van der Waals surface area (Å²) < 4.78 is 8.33. The van der Waals surface area contributed by atoms with Crippen LogP contribution in [-0.4, -0.2) is 11.6 Å². The molecule has 222 valence electrons. The van der Waals surface area contributed by atoms with E-state index in [1.54, 1.807) is 0 Å². The molecule has 0 aliphatic heterocycles. The van der Waals surface area contributed by atoms with E-state index < -0.39 is 0 Å². The van der Waals surface area contributed by atoms with Crippen molar-refractivity contribution in [3.8, 4) is 5.69 Å². The zero-order chi connectivity index (χ0) is 31.5. The van der Waals surface area contributed by atoms with Crippen molar-refractivity contribution in [3.05, 3.63) is 150 Å². The molecule has 0 spiro atoms. The number of anilines is 2. The number of rotatable bonds is 6. The van der Waals surface area contributed by atoms with Gasteiger partial charge < -0.3 is 13.9 Å². The zero-order valence-electron chi connectivity index (χ0n) is 26.5. The first-order valence-corrected chi connectivity index (χ1v) is 15.2. The first-order chi connectivity index (χ1) is 21.6. The minimum absolute atomic E-state index is 0.932. The molecule has 0 saturated carbocycles. The van der Waals surface area contributed by atoms with E-state index in [-0.39, 0.29) is 0 Å². The number of benzene rings is 4. The van der Waals surface area contributed by atoms with Crippen molar-refractivity contribution >= 4 is 57.6 Å². The quantitative estimate of drug-likeness (QED) is 0.196. The smallest absolute Gasteiger partial charge is 0.159 e. The molecule has 2 aromatic heterocycles. The lowest BCUT2D eigenvalue weighted by Crippen LogP contribution is -2.28. The lowest BCUT2D eigenvalue weighted by Gasteiger charge is -2.19. The molecular weight excluding hydrogens is 536 g/mol. The first-order valence-electron chi connectivity index (χ1n) is 15.2. The third kappa shape index (κ3) is 6.38. The summed E-state index contributed by atoms with van der Waals surface area (Å²) in [5.74, 6) is 0. The molecular formula is C41H42N2O. The summed E-state index contributed by atoms with van der Waals surface area (Å²) in [7, 11) is 2.07. The monoisotopic (exact) mass is 578 g/mol. The van der Waals surface area contributed by atoms with Crippen LogP contribution in [0, 0.1) is 0 Å². The molecule has 0 N–H and O–H groups in total. The van der Waals surface area contributed by atoms with Crippen molar-refractivity contribution in [2.75, 3.05) is 11.9 Å². The van der Waals surface area contributed by atoms with Gasteiger partial charge in [0.15, 0.2) is 5.58 Å². The van der Waals surface area contributed by atoms with Crippen LogP contribution in [0.5, 0.6) is 0 Å². The minimum atomic E-state index is 0.932. The van der Waals surface area contributed by atoms with E-state index in [2.05, 4.69) is 115 Å². The standard InChI is InChI=1S/C20H21N.C19H15NO.C2H6/c1-5-12-19-17(7-3)18(8-4)20(13-6-2)21(19)16-14-10-9-11-15-16;1-20(14-8-3-2-4-9-14)17-12-7-11-16-15-10-5-6-13-18(15)21-19(16)17;1-2/h5-15H,1,4H2,2-3H3;2-13H,1H3;1-2H3/b13-6-,17-7-,19-12+;;. The predicted molar refractivity (Wildman–Crippen MR) is 194 cm³/mol. The van der Waals surface area contributed by atoms with Crippen molar-refractivity contribution in [3.63, 3.8) is 0 Å². The van der Waals surface area contributed by atoms with Crippen LogP contribution in [0.1, 0.15) is 39.0 Å². The van der Waals surface area contributed by atoms with Crippen LogP contribution in [0.2, 0.25) is 0 Å². The van der Waals surface area contributed by atoms with Gasteiger partial charge in [0.25, 0.3) is 0 Å². The van der Waals surface area contributed by atoms with Crippen molar-refractivity contribution in [1.82, 2.24) is 4.57 Å². The molecule has 0 unspecified atom stereocenters. The van der Waals surface area contributed by atoms with Gasteiger partial charge in [-0.15, -0.1) is 0 Å². The number of allylic oxidation sites excluding steroid dienone is 2. The van der Waals surface area contributed by atoms with Crippen molar-refractivity contribution in [2.24, 2.45) is 0 Å². The maximum Gasteiger partial charge on any atom is 0.159 e. The number of aromatic nitrogens is 1. The lowest BCUT2D eigenvalue weighted by molar-refractivity contribution is 0.668. The Morgan fingerprint density at radius 2 is 1.39 bits per heavy atom. The van der Waals surface area contributed by atoms with Crippen molar-refractivity contribution in [1.29, 1.82) is 0 Å². The predicted octanol–water partition coefficient (Wildman–Crippen LogP) is 10.3. The second-order valence-electron chi connectivity index (χ2n) is 9.81. The Balaban J connectivity index is 0.000000190. The van der Waals surface area contributed by atoms with Gasteiger partial charge in [-0.2, -0.15) is 0 Å². The second kappa shape index (κ2) is 15.3. The van der Waals surface area contributed by atoms with E-state index >= 15 is 0 Å². The molecule has 3 heteroatoms. The molecule has 0 amide bonds. The Morgan fingerprint density at radius 1 is 0.750 bits per heavy atom. The highest BCUT2D eigenvalue weighted by atomic mass is 16.3. The first kappa shape index (κ1) is 31.7. The fraction of sp³-hybridized carbons (Fsp3) is 0.122. The summed E-state index contributed by atoms with van der Waals surface area (Å²) in [6.45, 7) is 15.9. The number of fused-ring (bicyclic) bond motifs is 3.